The van der Waals surface area contributed by atoms with E-state index < -0.39 is 5.60 Å². The minimum absolute atomic E-state index is 0.254. The number of aromatic nitrogens is 1. The molecule has 3 aromatic rings. The molecule has 6 rings (SSSR count). The second-order valence-electron chi connectivity index (χ2n) is 12.0. The van der Waals surface area contributed by atoms with Gasteiger partial charge in [0.25, 0.3) is 0 Å². The molecule has 3 aliphatic rings. The van der Waals surface area contributed by atoms with Crippen molar-refractivity contribution in [1.82, 2.24) is 14.8 Å². The van der Waals surface area contributed by atoms with Crippen molar-refractivity contribution in [2.45, 2.75) is 58.5 Å². The van der Waals surface area contributed by atoms with E-state index >= 15 is 0 Å². The molecule has 202 valence electrons. The number of piperazine rings is 2. The largest absolute Gasteiger partial charge is 0.444 e. The number of pyridine rings is 1. The molecule has 1 aromatic heterocycles. The van der Waals surface area contributed by atoms with Gasteiger partial charge in [0, 0.05) is 74.3 Å². The van der Waals surface area contributed by atoms with E-state index in [0.29, 0.717) is 30.7 Å². The summed E-state index contributed by atoms with van der Waals surface area (Å²) in [5.74, 6) is 0. The Kier molecular flexibility index (Phi) is 6.35. The van der Waals surface area contributed by atoms with Gasteiger partial charge in [-0.05, 0) is 69.2 Å². The average molecular weight is 525 g/mol. The van der Waals surface area contributed by atoms with Crippen LogP contribution >= 0.6 is 0 Å². The third-order valence-corrected chi connectivity index (χ3v) is 8.17. The van der Waals surface area contributed by atoms with Crippen molar-refractivity contribution in [3.63, 3.8) is 0 Å². The lowest BCUT2D eigenvalue weighted by Crippen LogP contribution is -2.65. The maximum Gasteiger partial charge on any atom is 0.410 e. The summed E-state index contributed by atoms with van der Waals surface area (Å²) in [5, 5.41) is 10.6. The summed E-state index contributed by atoms with van der Waals surface area (Å²) in [6, 6.07) is 17.5. The fourth-order valence-corrected chi connectivity index (χ4v) is 6.46. The standard InChI is InChI=1S/C31H36N6O2/c1-21-16-35(28-11-10-22(15-32)29-25(28)8-6-12-33-29)19-24-18-34(13-14-37(21)24)27-9-5-7-23-17-36(20-26(23)27)30(38)39-31(2,3)4/h5-12,21,24H,13-14,16-20H2,1-4H3/t21-,24+/m1/s1. The Labute approximate surface area is 230 Å². The summed E-state index contributed by atoms with van der Waals surface area (Å²) in [6.07, 6.45) is 1.50. The van der Waals surface area contributed by atoms with Crippen LogP contribution in [-0.2, 0) is 17.8 Å². The lowest BCUT2D eigenvalue weighted by molar-refractivity contribution is 0.0242. The Morgan fingerprint density at radius 2 is 1.82 bits per heavy atom. The van der Waals surface area contributed by atoms with Crippen LogP contribution in [0, 0.1) is 11.3 Å². The normalized spacial score (nSPS) is 21.5. The smallest absolute Gasteiger partial charge is 0.410 e. The first-order chi connectivity index (χ1) is 18.7. The van der Waals surface area contributed by atoms with E-state index in [1.807, 2.05) is 37.8 Å². The molecule has 1 amide bonds. The first-order valence-electron chi connectivity index (χ1n) is 13.8. The van der Waals surface area contributed by atoms with Crippen molar-refractivity contribution in [3.05, 3.63) is 65.4 Å². The summed E-state index contributed by atoms with van der Waals surface area (Å²) in [4.78, 5) is 26.8. The van der Waals surface area contributed by atoms with Gasteiger partial charge in [0.15, 0.2) is 0 Å². The Morgan fingerprint density at radius 1 is 1.00 bits per heavy atom. The summed E-state index contributed by atoms with van der Waals surface area (Å²) in [5.41, 5.74) is 5.70. The van der Waals surface area contributed by atoms with Crippen LogP contribution < -0.4 is 9.80 Å². The molecule has 4 heterocycles. The molecule has 0 spiro atoms. The van der Waals surface area contributed by atoms with Gasteiger partial charge in [0.1, 0.15) is 11.7 Å². The summed E-state index contributed by atoms with van der Waals surface area (Å²) >= 11 is 0. The lowest BCUT2D eigenvalue weighted by atomic mass is 9.99. The zero-order valence-electron chi connectivity index (χ0n) is 23.2. The van der Waals surface area contributed by atoms with Gasteiger partial charge in [-0.1, -0.05) is 12.1 Å². The molecule has 0 unspecified atom stereocenters. The van der Waals surface area contributed by atoms with Gasteiger partial charge in [-0.2, -0.15) is 5.26 Å². The monoisotopic (exact) mass is 524 g/mol. The van der Waals surface area contributed by atoms with Gasteiger partial charge in [-0.3, -0.25) is 14.8 Å². The highest BCUT2D eigenvalue weighted by molar-refractivity contribution is 5.95. The van der Waals surface area contributed by atoms with Crippen molar-refractivity contribution in [3.8, 4) is 6.07 Å². The molecule has 0 aliphatic carbocycles. The van der Waals surface area contributed by atoms with E-state index in [0.717, 1.165) is 49.3 Å². The van der Waals surface area contributed by atoms with Gasteiger partial charge in [0.05, 0.1) is 17.6 Å². The van der Waals surface area contributed by atoms with Gasteiger partial charge in [-0.25, -0.2) is 4.79 Å². The molecule has 0 radical (unpaired) electrons. The number of nitrogens with zero attached hydrogens (tertiary/aromatic N) is 6. The van der Waals surface area contributed by atoms with E-state index in [9.17, 15) is 10.1 Å². The van der Waals surface area contributed by atoms with Crippen molar-refractivity contribution in [2.24, 2.45) is 0 Å². The van der Waals surface area contributed by atoms with Crippen molar-refractivity contribution < 1.29 is 9.53 Å². The predicted octanol–water partition coefficient (Wildman–Crippen LogP) is 4.76. The van der Waals surface area contributed by atoms with Crippen molar-refractivity contribution >= 4 is 28.4 Å². The molecule has 8 nitrogen and oxygen atoms in total. The molecule has 0 saturated carbocycles. The van der Waals surface area contributed by atoms with Crippen LogP contribution in [0.5, 0.6) is 0 Å². The zero-order valence-corrected chi connectivity index (χ0v) is 23.2. The van der Waals surface area contributed by atoms with E-state index in [-0.39, 0.29) is 6.09 Å². The number of rotatable bonds is 2. The highest BCUT2D eigenvalue weighted by Crippen LogP contribution is 2.36. The minimum Gasteiger partial charge on any atom is -0.444 e. The molecule has 2 saturated heterocycles. The Bertz CT molecular complexity index is 1460. The Balaban J connectivity index is 1.23. The van der Waals surface area contributed by atoms with Gasteiger partial charge >= 0.3 is 6.09 Å². The maximum atomic E-state index is 12.8. The maximum absolute atomic E-state index is 12.8. The average Bonchev–Trinajstić information content (AvgIpc) is 3.36. The number of hydrogen-bond acceptors (Lipinski definition) is 7. The molecule has 3 aliphatic heterocycles. The molecule has 39 heavy (non-hydrogen) atoms. The lowest BCUT2D eigenvalue weighted by Gasteiger charge is -2.52. The van der Waals surface area contributed by atoms with Crippen LogP contribution in [0.4, 0.5) is 16.2 Å². The molecule has 2 aromatic carbocycles. The second kappa shape index (κ2) is 9.73. The van der Waals surface area contributed by atoms with Crippen LogP contribution in [0.2, 0.25) is 0 Å². The van der Waals surface area contributed by atoms with Crippen LogP contribution in [0.15, 0.2) is 48.7 Å². The number of nitriles is 1. The Morgan fingerprint density at radius 3 is 2.62 bits per heavy atom. The first-order valence-corrected chi connectivity index (χ1v) is 13.8. The number of hydrogen-bond donors (Lipinski definition) is 0. The van der Waals surface area contributed by atoms with E-state index in [1.165, 1.54) is 16.8 Å². The highest BCUT2D eigenvalue weighted by atomic mass is 16.6. The Hall–Kier alpha value is -3.83. The third-order valence-electron chi connectivity index (χ3n) is 8.17. The van der Waals surface area contributed by atoms with Gasteiger partial charge in [0.2, 0.25) is 0 Å². The molecular weight excluding hydrogens is 488 g/mol. The number of amides is 1. The van der Waals surface area contributed by atoms with Crippen molar-refractivity contribution in [1.29, 1.82) is 5.26 Å². The van der Waals surface area contributed by atoms with E-state index in [2.05, 4.69) is 63.0 Å². The summed E-state index contributed by atoms with van der Waals surface area (Å²) in [6.45, 7) is 14.0. The highest BCUT2D eigenvalue weighted by Gasteiger charge is 2.38. The number of fused-ring (bicyclic) bond motifs is 3. The summed E-state index contributed by atoms with van der Waals surface area (Å²) < 4.78 is 5.66. The molecule has 8 heteroatoms. The van der Waals surface area contributed by atoms with Crippen molar-refractivity contribution in [2.75, 3.05) is 42.5 Å². The summed E-state index contributed by atoms with van der Waals surface area (Å²) in [7, 11) is 0. The number of ether oxygens (including phenoxy) is 1. The topological polar surface area (TPSA) is 75.9 Å². The van der Waals surface area contributed by atoms with Crippen LogP contribution in [-0.4, -0.2) is 71.3 Å². The van der Waals surface area contributed by atoms with Crippen LogP contribution in [0.25, 0.3) is 10.9 Å². The van der Waals surface area contributed by atoms with Gasteiger partial charge < -0.3 is 14.5 Å². The molecule has 0 N–H and O–H groups in total. The zero-order chi connectivity index (χ0) is 27.3. The molecule has 2 fully saturated rings. The number of anilines is 2. The third kappa shape index (κ3) is 4.76. The number of benzene rings is 2. The number of carbonyl (C=O) groups excluding carboxylic acids is 1. The van der Waals surface area contributed by atoms with E-state index in [4.69, 9.17) is 4.74 Å². The number of carbonyl (C=O) groups is 1. The quantitative estimate of drug-likeness (QED) is 0.479. The first kappa shape index (κ1) is 25.4. The van der Waals surface area contributed by atoms with Gasteiger partial charge in [-0.15, -0.1) is 0 Å². The minimum atomic E-state index is -0.509. The SMILES string of the molecule is C[C@@H]1CN(c2ccc(C#N)c3ncccc23)C[C@@H]2CN(c3cccc4c3CN(C(=O)OC(C)(C)C)C4)CCN21. The second-order valence-corrected chi connectivity index (χ2v) is 12.0. The molecule has 0 bridgehead atoms. The fraction of sp³-hybridized carbons (Fsp3) is 0.452. The van der Waals surface area contributed by atoms with Crippen LogP contribution in [0.3, 0.4) is 0 Å². The fourth-order valence-electron chi connectivity index (χ4n) is 6.46. The molecule has 2 atom stereocenters. The predicted molar refractivity (Wildman–Crippen MR) is 153 cm³/mol. The van der Waals surface area contributed by atoms with Crippen LogP contribution in [0.1, 0.15) is 44.4 Å². The molecular formula is C31H36N6O2. The van der Waals surface area contributed by atoms with E-state index in [1.54, 1.807) is 6.20 Å².